The third-order valence-corrected chi connectivity index (χ3v) is 3.69. The quantitative estimate of drug-likeness (QED) is 0.881. The highest BCUT2D eigenvalue weighted by Crippen LogP contribution is 2.32. The van der Waals surface area contributed by atoms with Gasteiger partial charge in [0.15, 0.2) is 0 Å². The Morgan fingerprint density at radius 1 is 1.10 bits per heavy atom. The van der Waals surface area contributed by atoms with Crippen LogP contribution in [0.4, 0.5) is 5.69 Å². The Labute approximate surface area is 126 Å². The van der Waals surface area contributed by atoms with Crippen molar-refractivity contribution in [2.75, 3.05) is 19.0 Å². The number of aryl methyl sites for hydroxylation is 2. The van der Waals surface area contributed by atoms with Crippen LogP contribution in [0.25, 0.3) is 0 Å². The second-order valence-corrected chi connectivity index (χ2v) is 5.69. The van der Waals surface area contributed by atoms with Crippen molar-refractivity contribution < 1.29 is 9.84 Å². The number of hydrogen-bond donors (Lipinski definition) is 2. The molecule has 0 amide bonds. The predicted molar refractivity (Wildman–Crippen MR) is 87.0 cm³/mol. The molecule has 112 valence electrons. The normalized spacial score (nSPS) is 13.6. The molecule has 0 heterocycles. The van der Waals surface area contributed by atoms with Gasteiger partial charge in [-0.1, -0.05) is 41.5 Å². The van der Waals surface area contributed by atoms with Crippen molar-refractivity contribution in [3.63, 3.8) is 0 Å². The monoisotopic (exact) mass is 285 g/mol. The lowest BCUT2D eigenvalue weighted by molar-refractivity contribution is 0.223. The number of aliphatic hydroxyl groups excluding tert-OH is 1. The highest BCUT2D eigenvalue weighted by Gasteiger charge is 2.27. The van der Waals surface area contributed by atoms with Crippen molar-refractivity contribution in [2.24, 2.45) is 0 Å². The first-order valence-corrected chi connectivity index (χ1v) is 7.09. The Morgan fingerprint density at radius 3 is 2.29 bits per heavy atom. The maximum atomic E-state index is 9.94. The molecule has 21 heavy (non-hydrogen) atoms. The van der Waals surface area contributed by atoms with E-state index < -0.39 is 5.54 Å². The van der Waals surface area contributed by atoms with Crippen LogP contribution in [0.5, 0.6) is 5.75 Å². The first-order chi connectivity index (χ1) is 9.98. The molecule has 0 bridgehead atoms. The predicted octanol–water partition coefficient (Wildman–Crippen LogP) is 3.63. The Morgan fingerprint density at radius 2 is 1.71 bits per heavy atom. The zero-order valence-corrected chi connectivity index (χ0v) is 13.1. The highest BCUT2D eigenvalue weighted by atomic mass is 16.5. The van der Waals surface area contributed by atoms with Gasteiger partial charge in [-0.05, 0) is 38.5 Å². The second-order valence-electron chi connectivity index (χ2n) is 5.69. The number of anilines is 1. The molecule has 2 rings (SSSR count). The maximum Gasteiger partial charge on any atom is 0.141 e. The summed E-state index contributed by atoms with van der Waals surface area (Å²) in [7, 11) is 1.65. The van der Waals surface area contributed by atoms with Crippen LogP contribution in [0.1, 0.15) is 23.6 Å². The van der Waals surface area contributed by atoms with Crippen LogP contribution in [-0.4, -0.2) is 18.8 Å². The van der Waals surface area contributed by atoms with Crippen molar-refractivity contribution >= 4 is 5.69 Å². The van der Waals surface area contributed by atoms with E-state index in [-0.39, 0.29) is 6.61 Å². The van der Waals surface area contributed by atoms with E-state index in [2.05, 4.69) is 37.4 Å². The number of aliphatic hydroxyl groups is 1. The summed E-state index contributed by atoms with van der Waals surface area (Å²) in [6, 6.07) is 14.1. The third kappa shape index (κ3) is 3.37. The smallest absolute Gasteiger partial charge is 0.141 e. The first-order valence-electron chi connectivity index (χ1n) is 7.09. The number of ether oxygens (including phenoxy) is 1. The van der Waals surface area contributed by atoms with Crippen molar-refractivity contribution in [3.8, 4) is 5.75 Å². The van der Waals surface area contributed by atoms with Gasteiger partial charge >= 0.3 is 0 Å². The van der Waals surface area contributed by atoms with E-state index in [0.29, 0.717) is 0 Å². The molecular weight excluding hydrogens is 262 g/mol. The number of rotatable bonds is 5. The molecule has 3 nitrogen and oxygen atoms in total. The van der Waals surface area contributed by atoms with Crippen molar-refractivity contribution in [3.05, 3.63) is 59.2 Å². The fourth-order valence-corrected chi connectivity index (χ4v) is 2.54. The van der Waals surface area contributed by atoms with E-state index >= 15 is 0 Å². The minimum Gasteiger partial charge on any atom is -0.495 e. The van der Waals surface area contributed by atoms with Gasteiger partial charge in [0.1, 0.15) is 5.75 Å². The molecule has 0 fully saturated rings. The summed E-state index contributed by atoms with van der Waals surface area (Å²) in [6.45, 7) is 6.12. The number of methoxy groups -OCH3 is 1. The second kappa shape index (κ2) is 6.19. The van der Waals surface area contributed by atoms with Crippen LogP contribution in [0.3, 0.4) is 0 Å². The standard InChI is InChI=1S/C18H23NO2/c1-13-9-14(2)11-15(10-13)18(3,12-20)19-16-7-5-6-8-17(16)21-4/h5-11,19-20H,12H2,1-4H3. The van der Waals surface area contributed by atoms with Crippen LogP contribution < -0.4 is 10.1 Å². The summed E-state index contributed by atoms with van der Waals surface area (Å²) < 4.78 is 5.37. The van der Waals surface area contributed by atoms with E-state index in [1.807, 2.05) is 31.2 Å². The Balaban J connectivity index is 2.41. The van der Waals surface area contributed by atoms with Crippen LogP contribution in [0, 0.1) is 13.8 Å². The highest BCUT2D eigenvalue weighted by molar-refractivity contribution is 5.58. The minimum absolute atomic E-state index is 0.00601. The van der Waals surface area contributed by atoms with Gasteiger partial charge in [0, 0.05) is 0 Å². The molecule has 2 N–H and O–H groups in total. The molecule has 3 heteroatoms. The molecule has 0 spiro atoms. The molecular formula is C18H23NO2. The Hall–Kier alpha value is -2.00. The summed E-state index contributed by atoms with van der Waals surface area (Å²) in [5.41, 5.74) is 3.74. The fourth-order valence-electron chi connectivity index (χ4n) is 2.54. The van der Waals surface area contributed by atoms with E-state index in [1.165, 1.54) is 11.1 Å². The molecule has 0 saturated heterocycles. The third-order valence-electron chi connectivity index (χ3n) is 3.69. The first kappa shape index (κ1) is 15.4. The van der Waals surface area contributed by atoms with Crippen LogP contribution in [-0.2, 0) is 5.54 Å². The van der Waals surface area contributed by atoms with Gasteiger partial charge in [-0.15, -0.1) is 0 Å². The summed E-state index contributed by atoms with van der Waals surface area (Å²) in [5, 5.41) is 13.4. The topological polar surface area (TPSA) is 41.5 Å². The van der Waals surface area contributed by atoms with Crippen LogP contribution in [0.15, 0.2) is 42.5 Å². The average molecular weight is 285 g/mol. The van der Waals surface area contributed by atoms with Gasteiger partial charge < -0.3 is 15.2 Å². The summed E-state index contributed by atoms with van der Waals surface area (Å²) in [4.78, 5) is 0. The molecule has 0 aromatic heterocycles. The lowest BCUT2D eigenvalue weighted by Crippen LogP contribution is -2.36. The van der Waals surface area contributed by atoms with Gasteiger partial charge in [0.25, 0.3) is 0 Å². The molecule has 0 saturated carbocycles. The Bertz CT molecular complexity index is 604. The number of hydrogen-bond acceptors (Lipinski definition) is 3. The Kier molecular flexibility index (Phi) is 4.53. The van der Waals surface area contributed by atoms with Crippen LogP contribution in [0.2, 0.25) is 0 Å². The van der Waals surface area contributed by atoms with Crippen molar-refractivity contribution in [1.82, 2.24) is 0 Å². The molecule has 0 aliphatic carbocycles. The van der Waals surface area contributed by atoms with E-state index in [1.54, 1.807) is 7.11 Å². The zero-order valence-electron chi connectivity index (χ0n) is 13.1. The average Bonchev–Trinajstić information content (AvgIpc) is 2.46. The molecule has 1 atom stereocenters. The molecule has 0 radical (unpaired) electrons. The van der Waals surface area contributed by atoms with Crippen molar-refractivity contribution in [1.29, 1.82) is 0 Å². The molecule has 0 aliphatic heterocycles. The lowest BCUT2D eigenvalue weighted by Gasteiger charge is -2.32. The summed E-state index contributed by atoms with van der Waals surface area (Å²) in [6.07, 6.45) is 0. The van der Waals surface area contributed by atoms with Gasteiger partial charge in [-0.3, -0.25) is 0 Å². The van der Waals surface area contributed by atoms with Gasteiger partial charge in [0.2, 0.25) is 0 Å². The summed E-state index contributed by atoms with van der Waals surface area (Å²) in [5.74, 6) is 0.765. The van der Waals surface area contributed by atoms with E-state index in [9.17, 15) is 5.11 Å². The van der Waals surface area contributed by atoms with Gasteiger partial charge in [0.05, 0.1) is 24.9 Å². The fraction of sp³-hybridized carbons (Fsp3) is 0.333. The molecule has 1 unspecified atom stereocenters. The molecule has 2 aromatic carbocycles. The number of para-hydroxylation sites is 2. The van der Waals surface area contributed by atoms with E-state index in [4.69, 9.17) is 4.74 Å². The number of benzene rings is 2. The number of nitrogens with one attached hydrogen (secondary N) is 1. The van der Waals surface area contributed by atoms with Crippen molar-refractivity contribution in [2.45, 2.75) is 26.3 Å². The largest absolute Gasteiger partial charge is 0.495 e. The molecule has 2 aromatic rings. The van der Waals surface area contributed by atoms with Crippen LogP contribution >= 0.6 is 0 Å². The van der Waals surface area contributed by atoms with Gasteiger partial charge in [-0.2, -0.15) is 0 Å². The zero-order chi connectivity index (χ0) is 15.5. The molecule has 0 aliphatic rings. The van der Waals surface area contributed by atoms with E-state index in [0.717, 1.165) is 17.0 Å². The minimum atomic E-state index is -0.564. The maximum absolute atomic E-state index is 9.94. The lowest BCUT2D eigenvalue weighted by atomic mass is 9.90. The van der Waals surface area contributed by atoms with Gasteiger partial charge in [-0.25, -0.2) is 0 Å². The SMILES string of the molecule is COc1ccccc1NC(C)(CO)c1cc(C)cc(C)c1. The summed E-state index contributed by atoms with van der Waals surface area (Å²) >= 11 is 0.